The first-order valence-electron chi connectivity index (χ1n) is 6.36. The number of rotatable bonds is 5. The highest BCUT2D eigenvalue weighted by Crippen LogP contribution is 2.25. The number of carboxylic acids is 1. The van der Waals surface area contributed by atoms with Gasteiger partial charge in [0.15, 0.2) is 9.84 Å². The van der Waals surface area contributed by atoms with Crippen molar-refractivity contribution < 1.29 is 22.7 Å². The Bertz CT molecular complexity index is 776. The zero-order valence-corrected chi connectivity index (χ0v) is 12.5. The lowest BCUT2D eigenvalue weighted by molar-refractivity contribution is 0.0661. The maximum absolute atomic E-state index is 11.6. The van der Waals surface area contributed by atoms with Crippen LogP contribution in [-0.4, -0.2) is 30.7 Å². The molecule has 0 bridgehead atoms. The van der Waals surface area contributed by atoms with Crippen LogP contribution in [0.2, 0.25) is 0 Å². The largest absolute Gasteiger partial charge is 0.475 e. The van der Waals surface area contributed by atoms with Gasteiger partial charge in [-0.05, 0) is 24.6 Å². The van der Waals surface area contributed by atoms with E-state index in [9.17, 15) is 13.2 Å². The number of aryl methyl sites for hydroxylation is 1. The molecular weight excluding hydrogens is 294 g/mol. The molecule has 1 heterocycles. The van der Waals surface area contributed by atoms with Gasteiger partial charge in [-0.1, -0.05) is 19.4 Å². The molecule has 6 nitrogen and oxygen atoms in total. The number of aromatic nitrogens is 1. The number of aromatic carboxylic acids is 1. The number of sulfone groups is 1. The number of benzene rings is 1. The van der Waals surface area contributed by atoms with Crippen molar-refractivity contribution in [3.05, 3.63) is 35.7 Å². The molecule has 0 saturated carbocycles. The van der Waals surface area contributed by atoms with Crippen LogP contribution in [0.25, 0.3) is 11.5 Å². The summed E-state index contributed by atoms with van der Waals surface area (Å²) in [6.07, 6.45) is 2.32. The highest BCUT2D eigenvalue weighted by Gasteiger charge is 2.20. The van der Waals surface area contributed by atoms with Crippen LogP contribution in [0.1, 0.15) is 29.6 Å². The fourth-order valence-corrected chi connectivity index (χ4v) is 2.58. The highest BCUT2D eigenvalue weighted by atomic mass is 32.2. The van der Waals surface area contributed by atoms with Crippen molar-refractivity contribution in [3.63, 3.8) is 0 Å². The molecule has 0 amide bonds. The van der Waals surface area contributed by atoms with Crippen LogP contribution in [0, 0.1) is 0 Å². The van der Waals surface area contributed by atoms with E-state index in [1.54, 1.807) is 12.1 Å². The summed E-state index contributed by atoms with van der Waals surface area (Å²) in [6, 6.07) is 6.08. The van der Waals surface area contributed by atoms with Crippen LogP contribution in [0.5, 0.6) is 0 Å². The van der Waals surface area contributed by atoms with E-state index in [0.717, 1.165) is 12.7 Å². The number of hydrogen-bond donors (Lipinski definition) is 1. The van der Waals surface area contributed by atoms with E-state index in [0.29, 0.717) is 17.7 Å². The first-order valence-corrected chi connectivity index (χ1v) is 8.25. The number of carboxylic acid groups (broad SMARTS) is 1. The second kappa shape index (κ2) is 5.69. The minimum atomic E-state index is -3.35. The summed E-state index contributed by atoms with van der Waals surface area (Å²) in [5, 5.41) is 9.11. The van der Waals surface area contributed by atoms with Gasteiger partial charge in [-0.3, -0.25) is 0 Å². The van der Waals surface area contributed by atoms with E-state index in [1.165, 1.54) is 12.1 Å². The summed E-state index contributed by atoms with van der Waals surface area (Å²) >= 11 is 0. The van der Waals surface area contributed by atoms with E-state index in [2.05, 4.69) is 4.98 Å². The molecule has 2 aromatic rings. The maximum Gasteiger partial charge on any atom is 0.373 e. The van der Waals surface area contributed by atoms with Crippen molar-refractivity contribution in [1.82, 2.24) is 4.98 Å². The van der Waals surface area contributed by atoms with Crippen LogP contribution in [0.3, 0.4) is 0 Å². The zero-order chi connectivity index (χ0) is 15.6. The molecule has 0 spiro atoms. The molecule has 0 radical (unpaired) electrons. The van der Waals surface area contributed by atoms with E-state index in [-0.39, 0.29) is 16.5 Å². The smallest absolute Gasteiger partial charge is 0.373 e. The minimum absolute atomic E-state index is 0.112. The Labute approximate surface area is 122 Å². The fourth-order valence-electron chi connectivity index (χ4n) is 1.91. The molecule has 0 aliphatic rings. The molecule has 0 atom stereocenters. The normalized spacial score (nSPS) is 11.5. The quantitative estimate of drug-likeness (QED) is 0.910. The van der Waals surface area contributed by atoms with Crippen molar-refractivity contribution in [2.24, 2.45) is 0 Å². The van der Waals surface area contributed by atoms with E-state index in [4.69, 9.17) is 9.52 Å². The molecule has 0 unspecified atom stereocenters. The van der Waals surface area contributed by atoms with E-state index in [1.807, 2.05) is 6.92 Å². The first kappa shape index (κ1) is 15.2. The molecule has 1 aromatic heterocycles. The fraction of sp³-hybridized carbons (Fsp3) is 0.286. The number of hydrogen-bond acceptors (Lipinski definition) is 5. The Balaban J connectivity index is 2.52. The Morgan fingerprint density at radius 2 is 2.10 bits per heavy atom. The lowest BCUT2D eigenvalue weighted by Crippen LogP contribution is -1.99. The number of carbonyl (C=O) groups is 1. The topological polar surface area (TPSA) is 97.5 Å². The molecule has 0 saturated heterocycles. The monoisotopic (exact) mass is 309 g/mol. The molecule has 112 valence electrons. The van der Waals surface area contributed by atoms with Gasteiger partial charge in [0.05, 0.1) is 10.6 Å². The van der Waals surface area contributed by atoms with Gasteiger partial charge in [0.1, 0.15) is 0 Å². The van der Waals surface area contributed by atoms with Crippen molar-refractivity contribution in [1.29, 1.82) is 0 Å². The molecule has 0 aliphatic heterocycles. The molecular formula is C14H15NO5S. The number of oxazole rings is 1. The highest BCUT2D eigenvalue weighted by molar-refractivity contribution is 7.90. The number of nitrogens with zero attached hydrogens (tertiary/aromatic N) is 1. The molecule has 1 aromatic carbocycles. The molecule has 21 heavy (non-hydrogen) atoms. The standard InChI is InChI=1S/C14H15NO5S/c1-3-5-11-12(14(16)17)20-13(15-11)9-6-4-7-10(8-9)21(2,18)19/h4,6-8H,3,5H2,1-2H3,(H,16,17). The summed E-state index contributed by atoms with van der Waals surface area (Å²) in [4.78, 5) is 15.4. The lowest BCUT2D eigenvalue weighted by Gasteiger charge is -2.00. The maximum atomic E-state index is 11.6. The van der Waals surface area contributed by atoms with Gasteiger partial charge >= 0.3 is 5.97 Å². The van der Waals surface area contributed by atoms with Crippen molar-refractivity contribution in [2.45, 2.75) is 24.7 Å². The van der Waals surface area contributed by atoms with Gasteiger partial charge in [0.25, 0.3) is 0 Å². The van der Waals surface area contributed by atoms with Gasteiger partial charge in [-0.15, -0.1) is 0 Å². The van der Waals surface area contributed by atoms with E-state index >= 15 is 0 Å². The second-order valence-corrected chi connectivity index (χ2v) is 6.67. The second-order valence-electron chi connectivity index (χ2n) is 4.65. The lowest BCUT2D eigenvalue weighted by atomic mass is 10.2. The average Bonchev–Trinajstić information content (AvgIpc) is 2.83. The molecule has 0 aliphatic carbocycles. The first-order chi connectivity index (χ1) is 9.82. The third-order valence-electron chi connectivity index (χ3n) is 2.89. The van der Waals surface area contributed by atoms with E-state index < -0.39 is 15.8 Å². The van der Waals surface area contributed by atoms with Crippen LogP contribution in [0.15, 0.2) is 33.6 Å². The summed E-state index contributed by atoms with van der Waals surface area (Å²) < 4.78 is 28.4. The minimum Gasteiger partial charge on any atom is -0.475 e. The summed E-state index contributed by atoms with van der Waals surface area (Å²) in [6.45, 7) is 1.91. The molecule has 7 heteroatoms. The van der Waals surface area contributed by atoms with Gasteiger partial charge in [-0.2, -0.15) is 0 Å². The van der Waals surface area contributed by atoms with Crippen LogP contribution in [0.4, 0.5) is 0 Å². The third-order valence-corrected chi connectivity index (χ3v) is 4.00. The Morgan fingerprint density at radius 3 is 2.67 bits per heavy atom. The summed E-state index contributed by atoms with van der Waals surface area (Å²) in [5.74, 6) is -1.27. The van der Waals surface area contributed by atoms with Crippen LogP contribution < -0.4 is 0 Å². The van der Waals surface area contributed by atoms with Crippen LogP contribution >= 0.6 is 0 Å². The summed E-state index contributed by atoms with van der Waals surface area (Å²) in [7, 11) is -3.35. The van der Waals surface area contributed by atoms with Crippen molar-refractivity contribution in [3.8, 4) is 11.5 Å². The van der Waals surface area contributed by atoms with Gasteiger partial charge in [0.2, 0.25) is 11.7 Å². The predicted octanol–water partition coefficient (Wildman–Crippen LogP) is 2.40. The Hall–Kier alpha value is -2.15. The summed E-state index contributed by atoms with van der Waals surface area (Å²) in [5.41, 5.74) is 0.799. The predicted molar refractivity (Wildman–Crippen MR) is 76.0 cm³/mol. The van der Waals surface area contributed by atoms with Gasteiger partial charge < -0.3 is 9.52 Å². The SMILES string of the molecule is CCCc1nc(-c2cccc(S(C)(=O)=O)c2)oc1C(=O)O. The Morgan fingerprint density at radius 1 is 1.38 bits per heavy atom. The molecule has 2 rings (SSSR count). The Kier molecular flexibility index (Phi) is 4.13. The van der Waals surface area contributed by atoms with Gasteiger partial charge in [-0.25, -0.2) is 18.2 Å². The van der Waals surface area contributed by atoms with Crippen molar-refractivity contribution >= 4 is 15.8 Å². The van der Waals surface area contributed by atoms with Crippen LogP contribution in [-0.2, 0) is 16.3 Å². The van der Waals surface area contributed by atoms with Crippen molar-refractivity contribution in [2.75, 3.05) is 6.26 Å². The average molecular weight is 309 g/mol. The molecule has 1 N–H and O–H groups in total. The molecule has 0 fully saturated rings. The van der Waals surface area contributed by atoms with Gasteiger partial charge in [0, 0.05) is 11.8 Å². The zero-order valence-electron chi connectivity index (χ0n) is 11.7. The third kappa shape index (κ3) is 3.30.